The number of carbonyl (C=O) groups is 1. The van der Waals surface area contributed by atoms with Gasteiger partial charge >= 0.3 is 12.2 Å². The van der Waals surface area contributed by atoms with Crippen molar-refractivity contribution >= 4 is 6.03 Å². The van der Waals surface area contributed by atoms with Gasteiger partial charge < -0.3 is 15.4 Å². The highest BCUT2D eigenvalue weighted by Crippen LogP contribution is 2.18. The fraction of sp³-hybridized carbons (Fsp3) is 0.625. The molecule has 0 spiro atoms. The van der Waals surface area contributed by atoms with Crippen LogP contribution in [0.1, 0.15) is 44.1 Å². The monoisotopic (exact) mass is 345 g/mol. The number of hydrogen-bond acceptors (Lipinski definition) is 3. The lowest BCUT2D eigenvalue weighted by atomic mass is 10.1. The minimum Gasteiger partial charge on any atom is -0.468 e. The summed E-state index contributed by atoms with van der Waals surface area (Å²) in [6, 6.07) is 2.90. The second kappa shape index (κ2) is 8.75. The molecular weight excluding hydrogens is 323 g/mol. The van der Waals surface area contributed by atoms with E-state index in [1.165, 1.54) is 25.1 Å². The Hall–Kier alpha value is -1.99. The van der Waals surface area contributed by atoms with Gasteiger partial charge in [-0.15, -0.1) is 0 Å². The van der Waals surface area contributed by atoms with Crippen molar-refractivity contribution in [1.82, 2.24) is 15.6 Å². The van der Waals surface area contributed by atoms with Crippen molar-refractivity contribution in [3.05, 3.63) is 23.9 Å². The summed E-state index contributed by atoms with van der Waals surface area (Å²) in [5, 5.41) is 5.69. The lowest BCUT2D eigenvalue weighted by Crippen LogP contribution is -2.41. The Morgan fingerprint density at radius 2 is 1.92 bits per heavy atom. The Morgan fingerprint density at radius 1 is 1.21 bits per heavy atom. The molecule has 8 heteroatoms. The maximum absolute atomic E-state index is 12.0. The van der Waals surface area contributed by atoms with E-state index >= 15 is 0 Å². The third kappa shape index (κ3) is 7.06. The minimum atomic E-state index is -4.39. The topological polar surface area (TPSA) is 63.2 Å². The molecule has 24 heavy (non-hydrogen) atoms. The van der Waals surface area contributed by atoms with Crippen LogP contribution in [0.5, 0.6) is 5.88 Å². The van der Waals surface area contributed by atoms with E-state index in [9.17, 15) is 18.0 Å². The van der Waals surface area contributed by atoms with Crippen LogP contribution in [0.4, 0.5) is 18.0 Å². The molecule has 134 valence electrons. The third-order valence-corrected chi connectivity index (χ3v) is 3.82. The number of nitrogens with one attached hydrogen (secondary N) is 2. The minimum absolute atomic E-state index is 0.0982. The Labute approximate surface area is 139 Å². The van der Waals surface area contributed by atoms with Gasteiger partial charge in [0.1, 0.15) is 0 Å². The number of nitrogens with zero attached hydrogens (tertiary/aromatic N) is 1. The summed E-state index contributed by atoms with van der Waals surface area (Å²) < 4.78 is 40.6. The number of amides is 2. The van der Waals surface area contributed by atoms with Crippen molar-refractivity contribution in [2.45, 2.75) is 57.3 Å². The third-order valence-electron chi connectivity index (χ3n) is 3.82. The van der Waals surface area contributed by atoms with Gasteiger partial charge in [0.2, 0.25) is 5.88 Å². The van der Waals surface area contributed by atoms with E-state index < -0.39 is 12.8 Å². The largest absolute Gasteiger partial charge is 0.468 e. The summed E-state index contributed by atoms with van der Waals surface area (Å²) in [6.07, 6.45) is 3.70. The Morgan fingerprint density at radius 3 is 2.50 bits per heavy atom. The van der Waals surface area contributed by atoms with Gasteiger partial charge in [0.25, 0.3) is 0 Å². The predicted molar refractivity (Wildman–Crippen MR) is 82.6 cm³/mol. The summed E-state index contributed by atoms with van der Waals surface area (Å²) in [7, 11) is 0. The highest BCUT2D eigenvalue weighted by Gasteiger charge is 2.28. The van der Waals surface area contributed by atoms with Crippen LogP contribution in [0.3, 0.4) is 0 Å². The average molecular weight is 345 g/mol. The molecular formula is C16H22F3N3O2. The number of pyridine rings is 1. The van der Waals surface area contributed by atoms with E-state index in [2.05, 4.69) is 20.4 Å². The number of carbonyl (C=O) groups excluding carboxylic acids is 1. The predicted octanol–water partition coefficient (Wildman–Crippen LogP) is 3.54. The first-order valence-electron chi connectivity index (χ1n) is 8.11. The number of alkyl halides is 3. The molecule has 0 aromatic carbocycles. The van der Waals surface area contributed by atoms with Crippen molar-refractivity contribution in [3.8, 4) is 5.88 Å². The van der Waals surface area contributed by atoms with Crippen LogP contribution in [0.25, 0.3) is 0 Å². The van der Waals surface area contributed by atoms with Crippen molar-refractivity contribution in [1.29, 1.82) is 0 Å². The number of ether oxygens (including phenoxy) is 1. The number of urea groups is 1. The quantitative estimate of drug-likeness (QED) is 0.802. The van der Waals surface area contributed by atoms with Gasteiger partial charge in [-0.25, -0.2) is 9.78 Å². The molecule has 1 aliphatic carbocycles. The molecule has 1 aliphatic rings. The summed E-state index contributed by atoms with van der Waals surface area (Å²) in [5.74, 6) is -0.0982. The van der Waals surface area contributed by atoms with Crippen LogP contribution in [-0.2, 0) is 6.54 Å². The Bertz CT molecular complexity index is 512. The molecule has 2 amide bonds. The van der Waals surface area contributed by atoms with Gasteiger partial charge in [-0.2, -0.15) is 13.2 Å². The second-order valence-electron chi connectivity index (χ2n) is 5.92. The van der Waals surface area contributed by atoms with Crippen LogP contribution in [0, 0.1) is 0 Å². The molecule has 1 aromatic heterocycles. The van der Waals surface area contributed by atoms with E-state index in [-0.39, 0.29) is 24.5 Å². The molecule has 5 nitrogen and oxygen atoms in total. The van der Waals surface area contributed by atoms with Gasteiger partial charge in [0, 0.05) is 24.8 Å². The fourth-order valence-electron chi connectivity index (χ4n) is 2.60. The summed E-state index contributed by atoms with van der Waals surface area (Å²) in [4.78, 5) is 15.7. The van der Waals surface area contributed by atoms with Gasteiger partial charge in [0.15, 0.2) is 6.61 Å². The molecule has 0 unspecified atom stereocenters. The van der Waals surface area contributed by atoms with E-state index in [4.69, 9.17) is 0 Å². The smallest absolute Gasteiger partial charge is 0.422 e. The van der Waals surface area contributed by atoms with Crippen LogP contribution >= 0.6 is 0 Å². The highest BCUT2D eigenvalue weighted by atomic mass is 19.4. The van der Waals surface area contributed by atoms with Crippen LogP contribution < -0.4 is 15.4 Å². The van der Waals surface area contributed by atoms with E-state index in [0.717, 1.165) is 25.7 Å². The van der Waals surface area contributed by atoms with Crippen LogP contribution in [0.2, 0.25) is 0 Å². The van der Waals surface area contributed by atoms with E-state index in [1.807, 2.05) is 0 Å². The molecule has 0 bridgehead atoms. The molecule has 0 aliphatic heterocycles. The Balaban J connectivity index is 1.72. The number of aromatic nitrogens is 1. The van der Waals surface area contributed by atoms with Crippen molar-refractivity contribution in [2.75, 3.05) is 6.61 Å². The summed E-state index contributed by atoms with van der Waals surface area (Å²) in [5.41, 5.74) is 0.686. The first-order chi connectivity index (χ1) is 11.4. The first kappa shape index (κ1) is 18.4. The highest BCUT2D eigenvalue weighted by molar-refractivity contribution is 5.74. The lowest BCUT2D eigenvalue weighted by Gasteiger charge is -2.16. The normalized spacial score (nSPS) is 16.3. The molecule has 0 saturated heterocycles. The van der Waals surface area contributed by atoms with Crippen LogP contribution in [-0.4, -0.2) is 29.8 Å². The molecule has 2 rings (SSSR count). The van der Waals surface area contributed by atoms with E-state index in [0.29, 0.717) is 5.56 Å². The fourth-order valence-corrected chi connectivity index (χ4v) is 2.60. The zero-order chi connectivity index (χ0) is 17.4. The van der Waals surface area contributed by atoms with Gasteiger partial charge in [-0.3, -0.25) is 0 Å². The van der Waals surface area contributed by atoms with Crippen molar-refractivity contribution < 1.29 is 22.7 Å². The molecule has 0 radical (unpaired) electrons. The molecule has 0 atom stereocenters. The second-order valence-corrected chi connectivity index (χ2v) is 5.92. The maximum atomic E-state index is 12.0. The summed E-state index contributed by atoms with van der Waals surface area (Å²) >= 11 is 0. The SMILES string of the molecule is O=C(NCc1ccc(OCC(F)(F)F)nc1)NC1CCCCCC1. The molecule has 1 fully saturated rings. The number of rotatable bonds is 5. The van der Waals surface area contributed by atoms with Crippen molar-refractivity contribution in [3.63, 3.8) is 0 Å². The molecule has 1 aromatic rings. The van der Waals surface area contributed by atoms with Gasteiger partial charge in [-0.1, -0.05) is 31.7 Å². The zero-order valence-electron chi connectivity index (χ0n) is 13.4. The van der Waals surface area contributed by atoms with Crippen LogP contribution in [0.15, 0.2) is 18.3 Å². The summed E-state index contributed by atoms with van der Waals surface area (Å²) in [6.45, 7) is -1.12. The number of hydrogen-bond donors (Lipinski definition) is 2. The lowest BCUT2D eigenvalue weighted by molar-refractivity contribution is -0.154. The molecule has 2 N–H and O–H groups in total. The average Bonchev–Trinajstić information content (AvgIpc) is 2.80. The van der Waals surface area contributed by atoms with Crippen molar-refractivity contribution in [2.24, 2.45) is 0 Å². The van der Waals surface area contributed by atoms with Gasteiger partial charge in [0.05, 0.1) is 0 Å². The number of halogens is 3. The Kier molecular flexibility index (Phi) is 6.69. The van der Waals surface area contributed by atoms with Gasteiger partial charge in [-0.05, 0) is 18.4 Å². The molecule has 1 saturated carbocycles. The maximum Gasteiger partial charge on any atom is 0.422 e. The molecule has 1 heterocycles. The van der Waals surface area contributed by atoms with E-state index in [1.54, 1.807) is 6.07 Å². The standard InChI is InChI=1S/C16H22F3N3O2/c17-16(18,19)11-24-14-8-7-12(9-20-14)10-21-15(23)22-13-5-3-1-2-4-6-13/h7-9,13H,1-6,10-11H2,(H2,21,22,23). The first-order valence-corrected chi connectivity index (χ1v) is 8.11. The zero-order valence-corrected chi connectivity index (χ0v) is 13.4.